The summed E-state index contributed by atoms with van der Waals surface area (Å²) in [5.74, 6) is 0.255. The van der Waals surface area contributed by atoms with Crippen LogP contribution in [0.3, 0.4) is 0 Å². The molecule has 0 aliphatic carbocycles. The molecule has 3 aliphatic heterocycles. The number of amidine groups is 1. The smallest absolute Gasteiger partial charge is 0.414 e. The van der Waals surface area contributed by atoms with Gasteiger partial charge in [0, 0.05) is 25.4 Å². The Labute approximate surface area is 192 Å². The highest BCUT2D eigenvalue weighted by molar-refractivity contribution is 7.91. The van der Waals surface area contributed by atoms with Crippen molar-refractivity contribution in [2.45, 2.75) is 25.4 Å². The Morgan fingerprint density at radius 1 is 1.33 bits per heavy atom. The van der Waals surface area contributed by atoms with Gasteiger partial charge in [-0.1, -0.05) is 19.1 Å². The summed E-state index contributed by atoms with van der Waals surface area (Å²) in [5, 5.41) is 2.61. The van der Waals surface area contributed by atoms with Crippen molar-refractivity contribution in [3.63, 3.8) is 0 Å². The second kappa shape index (κ2) is 8.77. The van der Waals surface area contributed by atoms with Gasteiger partial charge in [0.2, 0.25) is 5.91 Å². The lowest BCUT2D eigenvalue weighted by Crippen LogP contribution is -2.44. The van der Waals surface area contributed by atoms with Crippen LogP contribution in [0.4, 0.5) is 14.9 Å². The molecular formula is C22H27FN4O5S. The lowest BCUT2D eigenvalue weighted by molar-refractivity contribution is -0.119. The zero-order chi connectivity index (χ0) is 23.8. The Morgan fingerprint density at radius 3 is 2.67 bits per heavy atom. The molecule has 1 unspecified atom stereocenters. The van der Waals surface area contributed by atoms with Crippen LogP contribution in [0.2, 0.25) is 0 Å². The predicted octanol–water partition coefficient (Wildman–Crippen LogP) is 1.24. The fourth-order valence-corrected chi connectivity index (χ4v) is 5.36. The summed E-state index contributed by atoms with van der Waals surface area (Å²) >= 11 is 0. The standard InChI is InChI=1S/C22H27FN4O5S/c1-15(28)24-12-17-13-27(21(29)32-17)16-3-4-18(19(23)11-16)22(2)6-5-20(25-14-22)26-7-9-33(30,31)10-8-26/h3-6,11,17H,7-10,12-14H2,1-2H3,(H,24,28)/t17-,22?/m0/s1. The van der Waals surface area contributed by atoms with Gasteiger partial charge in [-0.15, -0.1) is 0 Å². The molecule has 0 radical (unpaired) electrons. The van der Waals surface area contributed by atoms with Gasteiger partial charge >= 0.3 is 6.09 Å². The van der Waals surface area contributed by atoms with Crippen LogP contribution in [0.5, 0.6) is 0 Å². The number of nitrogens with zero attached hydrogens (tertiary/aromatic N) is 3. The average Bonchev–Trinajstić information content (AvgIpc) is 3.13. The first-order valence-electron chi connectivity index (χ1n) is 10.8. The number of rotatable bonds is 4. The lowest BCUT2D eigenvalue weighted by atomic mass is 9.80. The molecule has 0 spiro atoms. The van der Waals surface area contributed by atoms with Crippen molar-refractivity contribution in [1.29, 1.82) is 0 Å². The van der Waals surface area contributed by atoms with E-state index in [0.29, 0.717) is 36.7 Å². The quantitative estimate of drug-likeness (QED) is 0.698. The molecule has 11 heteroatoms. The molecule has 2 amide bonds. The molecule has 1 N–H and O–H groups in total. The summed E-state index contributed by atoms with van der Waals surface area (Å²) in [7, 11) is -2.98. The van der Waals surface area contributed by atoms with Crippen molar-refractivity contribution in [2.24, 2.45) is 4.99 Å². The predicted molar refractivity (Wildman–Crippen MR) is 122 cm³/mol. The van der Waals surface area contributed by atoms with Crippen molar-refractivity contribution in [3.8, 4) is 0 Å². The third-order valence-corrected chi connectivity index (χ3v) is 7.78. The van der Waals surface area contributed by atoms with E-state index in [9.17, 15) is 18.0 Å². The first-order valence-corrected chi connectivity index (χ1v) is 12.6. The maximum absolute atomic E-state index is 15.2. The minimum atomic E-state index is -2.98. The lowest BCUT2D eigenvalue weighted by Gasteiger charge is -2.34. The second-order valence-corrected chi connectivity index (χ2v) is 11.1. The number of halogens is 1. The Hall–Kier alpha value is -2.95. The van der Waals surface area contributed by atoms with E-state index < -0.39 is 33.3 Å². The fourth-order valence-electron chi connectivity index (χ4n) is 4.16. The molecule has 2 atom stereocenters. The number of anilines is 1. The van der Waals surface area contributed by atoms with Gasteiger partial charge in [-0.3, -0.25) is 14.7 Å². The minimum Gasteiger partial charge on any atom is -0.442 e. The van der Waals surface area contributed by atoms with Crippen LogP contribution >= 0.6 is 0 Å². The van der Waals surface area contributed by atoms with E-state index >= 15 is 4.39 Å². The van der Waals surface area contributed by atoms with E-state index in [4.69, 9.17) is 4.74 Å². The van der Waals surface area contributed by atoms with Crippen molar-refractivity contribution >= 4 is 33.4 Å². The average molecular weight is 479 g/mol. The number of amides is 2. The molecule has 0 aromatic heterocycles. The molecule has 0 bridgehead atoms. The van der Waals surface area contributed by atoms with Gasteiger partial charge in [0.1, 0.15) is 17.8 Å². The third kappa shape index (κ3) is 5.02. The number of dihydropyridines is 1. The summed E-state index contributed by atoms with van der Waals surface area (Å²) in [6.45, 7) is 4.81. The molecule has 4 rings (SSSR count). The first kappa shape index (κ1) is 23.2. The van der Waals surface area contributed by atoms with Crippen LogP contribution in [0.1, 0.15) is 19.4 Å². The Bertz CT molecular complexity index is 1120. The minimum absolute atomic E-state index is 0.109. The molecule has 0 saturated carbocycles. The van der Waals surface area contributed by atoms with Gasteiger partial charge in [-0.25, -0.2) is 17.6 Å². The number of cyclic esters (lactones) is 1. The van der Waals surface area contributed by atoms with E-state index in [1.54, 1.807) is 12.1 Å². The molecule has 1 aromatic rings. The SMILES string of the molecule is CC(=O)NC[C@H]1CN(c2ccc(C3(C)C=CC(N4CCS(=O)(=O)CC4)=NC3)c(F)c2)C(=O)O1. The molecule has 2 saturated heterocycles. The van der Waals surface area contributed by atoms with E-state index in [1.807, 2.05) is 24.0 Å². The highest BCUT2D eigenvalue weighted by Crippen LogP contribution is 2.33. The first-order chi connectivity index (χ1) is 15.6. The Balaban J connectivity index is 1.44. The molecule has 3 heterocycles. The van der Waals surface area contributed by atoms with Gasteiger partial charge in [0.25, 0.3) is 0 Å². The van der Waals surface area contributed by atoms with Crippen molar-refractivity contribution < 1.29 is 27.1 Å². The molecule has 33 heavy (non-hydrogen) atoms. The summed E-state index contributed by atoms with van der Waals surface area (Å²) < 4.78 is 43.7. The van der Waals surface area contributed by atoms with Gasteiger partial charge in [0.15, 0.2) is 9.84 Å². The number of aliphatic imine (C=N–C) groups is 1. The Morgan fingerprint density at radius 2 is 2.06 bits per heavy atom. The maximum Gasteiger partial charge on any atom is 0.414 e. The number of sulfone groups is 1. The van der Waals surface area contributed by atoms with Crippen molar-refractivity contribution in [3.05, 3.63) is 41.7 Å². The summed E-state index contributed by atoms with van der Waals surface area (Å²) in [5.41, 5.74) is 0.163. The van der Waals surface area contributed by atoms with Gasteiger partial charge in [-0.2, -0.15) is 0 Å². The number of hydrogen-bond donors (Lipinski definition) is 1. The third-order valence-electron chi connectivity index (χ3n) is 6.17. The maximum atomic E-state index is 15.2. The van der Waals surface area contributed by atoms with Crippen LogP contribution in [0.25, 0.3) is 0 Å². The molecule has 3 aliphatic rings. The Kier molecular flexibility index (Phi) is 6.17. The molecule has 178 valence electrons. The normalized spacial score (nSPS) is 26.7. The van der Waals surface area contributed by atoms with Gasteiger partial charge < -0.3 is 15.0 Å². The highest BCUT2D eigenvalue weighted by Gasteiger charge is 2.35. The van der Waals surface area contributed by atoms with Crippen LogP contribution in [-0.4, -0.2) is 81.5 Å². The second-order valence-electron chi connectivity index (χ2n) is 8.78. The monoisotopic (exact) mass is 478 g/mol. The van der Waals surface area contributed by atoms with Gasteiger partial charge in [-0.05, 0) is 23.8 Å². The number of hydrogen-bond acceptors (Lipinski definition) is 7. The fraction of sp³-hybridized carbons (Fsp3) is 0.500. The molecular weight excluding hydrogens is 451 g/mol. The van der Waals surface area contributed by atoms with Crippen molar-refractivity contribution in [2.75, 3.05) is 49.1 Å². The van der Waals surface area contributed by atoms with Crippen molar-refractivity contribution in [1.82, 2.24) is 10.2 Å². The molecule has 9 nitrogen and oxygen atoms in total. The molecule has 2 fully saturated rings. The van der Waals surface area contributed by atoms with Crippen LogP contribution in [0, 0.1) is 5.82 Å². The number of carbonyl (C=O) groups excluding carboxylic acids is 2. The number of nitrogens with one attached hydrogen (secondary N) is 1. The largest absolute Gasteiger partial charge is 0.442 e. The van der Waals surface area contributed by atoms with E-state index in [1.165, 1.54) is 17.9 Å². The van der Waals surface area contributed by atoms with Gasteiger partial charge in [0.05, 0.1) is 36.8 Å². The number of benzene rings is 1. The number of ether oxygens (including phenoxy) is 1. The van der Waals surface area contributed by atoms with Crippen LogP contribution < -0.4 is 10.2 Å². The van der Waals surface area contributed by atoms with E-state index in [0.717, 1.165) is 0 Å². The molecule has 1 aromatic carbocycles. The summed E-state index contributed by atoms with van der Waals surface area (Å²) in [6, 6.07) is 4.64. The van der Waals surface area contributed by atoms with E-state index in [-0.39, 0.29) is 30.5 Å². The van der Waals surface area contributed by atoms with Crippen LogP contribution in [-0.2, 0) is 24.8 Å². The van der Waals surface area contributed by atoms with E-state index in [2.05, 4.69) is 10.3 Å². The summed E-state index contributed by atoms with van der Waals surface area (Å²) in [4.78, 5) is 31.2. The topological polar surface area (TPSA) is 108 Å². The number of carbonyl (C=O) groups is 2. The highest BCUT2D eigenvalue weighted by atomic mass is 32.2. The summed E-state index contributed by atoms with van der Waals surface area (Å²) in [6.07, 6.45) is 2.63. The zero-order valence-electron chi connectivity index (χ0n) is 18.6. The zero-order valence-corrected chi connectivity index (χ0v) is 19.4. The van der Waals surface area contributed by atoms with Crippen LogP contribution in [0.15, 0.2) is 35.3 Å².